The first kappa shape index (κ1) is 8.04. The van der Waals surface area contributed by atoms with Crippen LogP contribution in [0.1, 0.15) is 5.56 Å². The van der Waals surface area contributed by atoms with Crippen LogP contribution in [0.3, 0.4) is 0 Å². The lowest BCUT2D eigenvalue weighted by atomic mass is 9.85. The van der Waals surface area contributed by atoms with Crippen LogP contribution in [0.5, 0.6) is 0 Å². The van der Waals surface area contributed by atoms with Gasteiger partial charge in [-0.05, 0) is 18.6 Å². The third-order valence-corrected chi connectivity index (χ3v) is 1.42. The predicted octanol–water partition coefficient (Wildman–Crippen LogP) is -1.35. The number of anilines is 1. The molecule has 0 bridgehead atoms. The van der Waals surface area contributed by atoms with Crippen molar-refractivity contribution < 1.29 is 10.0 Å². The molecule has 0 aromatic carbocycles. The van der Waals surface area contributed by atoms with E-state index in [4.69, 9.17) is 15.8 Å². The van der Waals surface area contributed by atoms with Gasteiger partial charge in [0.05, 0.1) is 5.59 Å². The van der Waals surface area contributed by atoms with Gasteiger partial charge in [-0.2, -0.15) is 0 Å². The van der Waals surface area contributed by atoms with E-state index in [1.807, 2.05) is 0 Å². The van der Waals surface area contributed by atoms with Crippen molar-refractivity contribution in [2.75, 3.05) is 5.73 Å². The number of aryl methyl sites for hydroxylation is 1. The Kier molecular flexibility index (Phi) is 2.12. The van der Waals surface area contributed by atoms with Crippen molar-refractivity contribution >= 4 is 18.5 Å². The Labute approximate surface area is 64.8 Å². The minimum Gasteiger partial charge on any atom is -0.422 e. The monoisotopic (exact) mass is 152 g/mol. The second-order valence-electron chi connectivity index (χ2n) is 2.31. The van der Waals surface area contributed by atoms with Gasteiger partial charge in [-0.1, -0.05) is 6.07 Å². The van der Waals surface area contributed by atoms with E-state index < -0.39 is 7.12 Å². The first-order chi connectivity index (χ1) is 5.11. The molecule has 0 amide bonds. The molecule has 0 spiro atoms. The molecular formula is C6H9BN2O2. The first-order valence-corrected chi connectivity index (χ1v) is 3.20. The van der Waals surface area contributed by atoms with Gasteiger partial charge in [0.1, 0.15) is 5.82 Å². The van der Waals surface area contributed by atoms with Crippen LogP contribution < -0.4 is 11.3 Å². The summed E-state index contributed by atoms with van der Waals surface area (Å²) in [5.41, 5.74) is 6.43. The molecule has 0 atom stereocenters. The maximum absolute atomic E-state index is 8.68. The lowest BCUT2D eigenvalue weighted by Crippen LogP contribution is -2.33. The zero-order valence-corrected chi connectivity index (χ0v) is 6.15. The van der Waals surface area contributed by atoms with Gasteiger partial charge < -0.3 is 15.8 Å². The number of rotatable bonds is 1. The van der Waals surface area contributed by atoms with E-state index >= 15 is 0 Å². The van der Waals surface area contributed by atoms with Crippen LogP contribution in [-0.2, 0) is 0 Å². The average Bonchev–Trinajstić information content (AvgIpc) is 1.94. The molecule has 5 heteroatoms. The summed E-state index contributed by atoms with van der Waals surface area (Å²) in [4.78, 5) is 3.75. The summed E-state index contributed by atoms with van der Waals surface area (Å²) in [7, 11) is -1.54. The molecule has 4 N–H and O–H groups in total. The molecule has 58 valence electrons. The normalized spacial score (nSPS) is 9.73. The molecule has 1 aromatic heterocycles. The van der Waals surface area contributed by atoms with Crippen molar-refractivity contribution in [2.45, 2.75) is 6.92 Å². The van der Waals surface area contributed by atoms with Crippen LogP contribution in [-0.4, -0.2) is 22.2 Å². The maximum Gasteiger partial charge on any atom is 0.508 e. The molecule has 1 rings (SSSR count). The number of nitrogens with zero attached hydrogens (tertiary/aromatic N) is 1. The zero-order valence-electron chi connectivity index (χ0n) is 6.15. The number of aromatic nitrogens is 1. The third-order valence-electron chi connectivity index (χ3n) is 1.42. The molecule has 0 unspecified atom stereocenters. The van der Waals surface area contributed by atoms with Gasteiger partial charge in [-0.15, -0.1) is 0 Å². The van der Waals surface area contributed by atoms with Crippen molar-refractivity contribution in [1.29, 1.82) is 0 Å². The highest BCUT2D eigenvalue weighted by Gasteiger charge is 2.12. The summed E-state index contributed by atoms with van der Waals surface area (Å²) >= 11 is 0. The highest BCUT2D eigenvalue weighted by Crippen LogP contribution is 2.01. The van der Waals surface area contributed by atoms with E-state index in [9.17, 15) is 0 Å². The molecule has 11 heavy (non-hydrogen) atoms. The quantitative estimate of drug-likeness (QED) is 0.434. The molecule has 0 saturated heterocycles. The summed E-state index contributed by atoms with van der Waals surface area (Å²) in [6, 6.07) is 3.22. The number of nitrogen functional groups attached to an aromatic ring is 1. The fourth-order valence-corrected chi connectivity index (χ4v) is 0.704. The predicted molar refractivity (Wildman–Crippen MR) is 43.2 cm³/mol. The second kappa shape index (κ2) is 2.90. The summed E-state index contributed by atoms with van der Waals surface area (Å²) < 4.78 is 0. The largest absolute Gasteiger partial charge is 0.508 e. The van der Waals surface area contributed by atoms with Gasteiger partial charge in [-0.3, -0.25) is 0 Å². The van der Waals surface area contributed by atoms with Crippen molar-refractivity contribution in [1.82, 2.24) is 4.98 Å². The van der Waals surface area contributed by atoms with Gasteiger partial charge in [0.15, 0.2) is 0 Å². The highest BCUT2D eigenvalue weighted by molar-refractivity contribution is 6.57. The highest BCUT2D eigenvalue weighted by atomic mass is 16.4. The maximum atomic E-state index is 8.68. The van der Waals surface area contributed by atoms with Gasteiger partial charge >= 0.3 is 7.12 Å². The Morgan fingerprint density at radius 2 is 2.09 bits per heavy atom. The van der Waals surface area contributed by atoms with Gasteiger partial charge in [-0.25, -0.2) is 4.98 Å². The molecular weight excluding hydrogens is 143 g/mol. The lowest BCUT2D eigenvalue weighted by molar-refractivity contribution is 0.424. The minimum absolute atomic E-state index is 0.174. The smallest absolute Gasteiger partial charge is 0.422 e. The van der Waals surface area contributed by atoms with E-state index in [0.717, 1.165) is 5.56 Å². The van der Waals surface area contributed by atoms with E-state index in [0.29, 0.717) is 5.82 Å². The van der Waals surface area contributed by atoms with Crippen LogP contribution in [0.2, 0.25) is 0 Å². The summed E-state index contributed by atoms with van der Waals surface area (Å²) in [6.07, 6.45) is 0. The van der Waals surface area contributed by atoms with Crippen LogP contribution in [0.15, 0.2) is 12.1 Å². The Hall–Kier alpha value is -1.07. The van der Waals surface area contributed by atoms with Crippen LogP contribution in [0, 0.1) is 6.92 Å². The zero-order chi connectivity index (χ0) is 8.43. The van der Waals surface area contributed by atoms with E-state index in [1.165, 1.54) is 6.07 Å². The number of nitrogens with two attached hydrogens (primary N) is 1. The molecule has 1 aromatic rings. The van der Waals surface area contributed by atoms with Crippen molar-refractivity contribution in [3.8, 4) is 0 Å². The van der Waals surface area contributed by atoms with Gasteiger partial charge in [0.2, 0.25) is 0 Å². The lowest BCUT2D eigenvalue weighted by Gasteiger charge is -2.01. The summed E-state index contributed by atoms with van der Waals surface area (Å²) in [6.45, 7) is 1.80. The number of hydrogen-bond acceptors (Lipinski definition) is 4. The van der Waals surface area contributed by atoms with E-state index in [-0.39, 0.29) is 5.59 Å². The van der Waals surface area contributed by atoms with Crippen molar-refractivity contribution in [3.63, 3.8) is 0 Å². The van der Waals surface area contributed by atoms with Gasteiger partial charge in [0, 0.05) is 0 Å². The fourth-order valence-electron chi connectivity index (χ4n) is 0.704. The van der Waals surface area contributed by atoms with Crippen LogP contribution in [0.4, 0.5) is 5.82 Å². The number of pyridine rings is 1. The van der Waals surface area contributed by atoms with Gasteiger partial charge in [0.25, 0.3) is 0 Å². The second-order valence-corrected chi connectivity index (χ2v) is 2.31. The summed E-state index contributed by atoms with van der Waals surface area (Å²) in [5, 5.41) is 17.4. The van der Waals surface area contributed by atoms with Crippen LogP contribution in [0.25, 0.3) is 0 Å². The van der Waals surface area contributed by atoms with Crippen molar-refractivity contribution in [2.24, 2.45) is 0 Å². The Morgan fingerprint density at radius 3 is 2.55 bits per heavy atom. The van der Waals surface area contributed by atoms with Crippen LogP contribution >= 0.6 is 0 Å². The molecule has 0 saturated carbocycles. The summed E-state index contributed by atoms with van der Waals surface area (Å²) in [5.74, 6) is 0.329. The fraction of sp³-hybridized carbons (Fsp3) is 0.167. The van der Waals surface area contributed by atoms with E-state index in [2.05, 4.69) is 4.98 Å². The molecule has 4 nitrogen and oxygen atoms in total. The minimum atomic E-state index is -1.54. The van der Waals surface area contributed by atoms with Crippen molar-refractivity contribution in [3.05, 3.63) is 17.7 Å². The Morgan fingerprint density at radius 1 is 1.45 bits per heavy atom. The molecule has 1 heterocycles. The third kappa shape index (κ3) is 1.69. The van der Waals surface area contributed by atoms with E-state index in [1.54, 1.807) is 13.0 Å². The molecule has 0 aliphatic heterocycles. The first-order valence-electron chi connectivity index (χ1n) is 3.20. The molecule has 0 fully saturated rings. The number of hydrogen-bond donors (Lipinski definition) is 3. The Bertz CT molecular complexity index is 265. The molecule has 0 aliphatic rings. The SMILES string of the molecule is Cc1ccc(B(O)O)nc1N. The topological polar surface area (TPSA) is 79.4 Å². The molecule has 0 radical (unpaired) electrons. The average molecular weight is 152 g/mol. The molecule has 0 aliphatic carbocycles. The Balaban J connectivity index is 3.05. The standard InChI is InChI=1S/C6H9BN2O2/c1-4-2-3-5(7(10)11)9-6(4)8/h2-3,10-11H,1H3,(H2,8,9).